The average molecular weight is 363 g/mol. The number of carbonyl (C=O) groups excluding carboxylic acids is 1. The molecule has 0 aromatic heterocycles. The van der Waals surface area contributed by atoms with E-state index in [2.05, 4.69) is 10.1 Å². The first-order valence-corrected chi connectivity index (χ1v) is 8.21. The van der Waals surface area contributed by atoms with Crippen LogP contribution in [0.15, 0.2) is 42.5 Å². The summed E-state index contributed by atoms with van der Waals surface area (Å²) in [6.45, 7) is 0.954. The van der Waals surface area contributed by atoms with E-state index in [9.17, 15) is 13.6 Å². The zero-order valence-electron chi connectivity index (χ0n) is 14.2. The highest BCUT2D eigenvalue weighted by Crippen LogP contribution is 2.22. The largest absolute Gasteiger partial charge is 0.492 e. The van der Waals surface area contributed by atoms with Crippen LogP contribution in [0.3, 0.4) is 0 Å². The molecule has 0 spiro atoms. The van der Waals surface area contributed by atoms with Gasteiger partial charge in [0.25, 0.3) is 0 Å². The van der Waals surface area contributed by atoms with Gasteiger partial charge in [0.2, 0.25) is 0 Å². The van der Waals surface area contributed by atoms with Crippen molar-refractivity contribution in [2.75, 3.05) is 20.3 Å². The third kappa shape index (κ3) is 4.49. The number of rotatable bonds is 6. The van der Waals surface area contributed by atoms with Gasteiger partial charge in [-0.3, -0.25) is 0 Å². The standard InChI is InChI=1S/C19H19F2NO4/c1-24-19(23)12-2-5-15(6-3-12)25-11-14-9-16(10-22-14)26-18-7-4-13(20)8-17(18)21/h2-8,14,16,22H,9-11H2,1H3. The monoisotopic (exact) mass is 363 g/mol. The van der Waals surface area contributed by atoms with Gasteiger partial charge in [-0.2, -0.15) is 0 Å². The molecule has 1 saturated heterocycles. The highest BCUT2D eigenvalue weighted by atomic mass is 19.1. The molecule has 5 nitrogen and oxygen atoms in total. The molecule has 0 radical (unpaired) electrons. The first kappa shape index (κ1) is 18.1. The lowest BCUT2D eigenvalue weighted by atomic mass is 10.2. The minimum absolute atomic E-state index is 0.0400. The fourth-order valence-corrected chi connectivity index (χ4v) is 2.75. The van der Waals surface area contributed by atoms with Crippen LogP contribution >= 0.6 is 0 Å². The van der Waals surface area contributed by atoms with Crippen molar-refractivity contribution in [3.05, 3.63) is 59.7 Å². The maximum absolute atomic E-state index is 13.6. The zero-order chi connectivity index (χ0) is 18.5. The topological polar surface area (TPSA) is 56.8 Å². The van der Waals surface area contributed by atoms with Crippen LogP contribution < -0.4 is 14.8 Å². The van der Waals surface area contributed by atoms with Gasteiger partial charge in [-0.1, -0.05) is 0 Å². The van der Waals surface area contributed by atoms with Gasteiger partial charge in [0.05, 0.1) is 12.7 Å². The molecule has 1 fully saturated rings. The van der Waals surface area contributed by atoms with Crippen molar-refractivity contribution in [3.8, 4) is 11.5 Å². The SMILES string of the molecule is COC(=O)c1ccc(OCC2CC(Oc3ccc(F)cc3F)CN2)cc1. The van der Waals surface area contributed by atoms with Crippen LogP contribution in [0.1, 0.15) is 16.8 Å². The summed E-state index contributed by atoms with van der Waals surface area (Å²) in [5.74, 6) is -1.08. The molecule has 138 valence electrons. The van der Waals surface area contributed by atoms with Crippen LogP contribution in [0, 0.1) is 11.6 Å². The highest BCUT2D eigenvalue weighted by Gasteiger charge is 2.26. The van der Waals surface area contributed by atoms with Crippen molar-refractivity contribution in [1.29, 1.82) is 0 Å². The zero-order valence-corrected chi connectivity index (χ0v) is 14.2. The minimum atomic E-state index is -0.713. The number of esters is 1. The van der Waals surface area contributed by atoms with Gasteiger partial charge in [0, 0.05) is 25.1 Å². The first-order chi connectivity index (χ1) is 12.5. The summed E-state index contributed by atoms with van der Waals surface area (Å²) in [4.78, 5) is 11.4. The molecule has 1 N–H and O–H groups in total. The lowest BCUT2D eigenvalue weighted by Crippen LogP contribution is -2.28. The molecule has 0 saturated carbocycles. The molecular formula is C19H19F2NO4. The van der Waals surface area contributed by atoms with Gasteiger partial charge < -0.3 is 19.5 Å². The van der Waals surface area contributed by atoms with Crippen LogP contribution in [0.5, 0.6) is 11.5 Å². The molecule has 1 aliphatic rings. The number of benzene rings is 2. The molecule has 7 heteroatoms. The molecule has 26 heavy (non-hydrogen) atoms. The maximum Gasteiger partial charge on any atom is 0.337 e. The van der Waals surface area contributed by atoms with Gasteiger partial charge >= 0.3 is 5.97 Å². The van der Waals surface area contributed by atoms with Crippen molar-refractivity contribution in [2.24, 2.45) is 0 Å². The number of hydrogen-bond acceptors (Lipinski definition) is 5. The third-order valence-electron chi connectivity index (χ3n) is 4.10. The lowest BCUT2D eigenvalue weighted by Gasteiger charge is -2.14. The number of hydrogen-bond donors (Lipinski definition) is 1. The van der Waals surface area contributed by atoms with Crippen LogP contribution in [0.25, 0.3) is 0 Å². The van der Waals surface area contributed by atoms with Crippen LogP contribution in [-0.4, -0.2) is 38.4 Å². The molecule has 3 rings (SSSR count). The van der Waals surface area contributed by atoms with E-state index in [1.807, 2.05) is 0 Å². The van der Waals surface area contributed by atoms with Crippen molar-refractivity contribution in [1.82, 2.24) is 5.32 Å². The third-order valence-corrected chi connectivity index (χ3v) is 4.10. The summed E-state index contributed by atoms with van der Waals surface area (Å²) in [6.07, 6.45) is 0.419. The van der Waals surface area contributed by atoms with Crippen molar-refractivity contribution in [3.63, 3.8) is 0 Å². The molecule has 2 aromatic rings. The molecule has 2 aromatic carbocycles. The Morgan fingerprint density at radius 2 is 1.96 bits per heavy atom. The van der Waals surface area contributed by atoms with E-state index >= 15 is 0 Å². The summed E-state index contributed by atoms with van der Waals surface area (Å²) in [6, 6.07) is 9.96. The maximum atomic E-state index is 13.6. The van der Waals surface area contributed by atoms with Crippen molar-refractivity contribution >= 4 is 5.97 Å². The van der Waals surface area contributed by atoms with Gasteiger partial charge in [0.15, 0.2) is 11.6 Å². The van der Waals surface area contributed by atoms with E-state index in [1.165, 1.54) is 19.2 Å². The highest BCUT2D eigenvalue weighted by molar-refractivity contribution is 5.89. The van der Waals surface area contributed by atoms with Gasteiger partial charge in [-0.15, -0.1) is 0 Å². The average Bonchev–Trinajstić information content (AvgIpc) is 3.09. The molecule has 2 atom stereocenters. The molecule has 1 heterocycles. The van der Waals surface area contributed by atoms with Gasteiger partial charge in [-0.25, -0.2) is 13.6 Å². The van der Waals surface area contributed by atoms with Gasteiger partial charge in [-0.05, 0) is 36.4 Å². The molecule has 1 aliphatic heterocycles. The molecule has 0 amide bonds. The lowest BCUT2D eigenvalue weighted by molar-refractivity contribution is 0.0600. The van der Waals surface area contributed by atoms with E-state index in [4.69, 9.17) is 9.47 Å². The number of carbonyl (C=O) groups is 1. The molecule has 0 aliphatic carbocycles. The van der Waals surface area contributed by atoms with E-state index < -0.39 is 17.6 Å². The fraction of sp³-hybridized carbons (Fsp3) is 0.316. The summed E-state index contributed by atoms with van der Waals surface area (Å²) < 4.78 is 42.5. The fourth-order valence-electron chi connectivity index (χ4n) is 2.75. The minimum Gasteiger partial charge on any atom is -0.492 e. The van der Waals surface area contributed by atoms with Crippen molar-refractivity contribution < 1.29 is 27.8 Å². The predicted octanol–water partition coefficient (Wildman–Crippen LogP) is 2.94. The summed E-state index contributed by atoms with van der Waals surface area (Å²) in [7, 11) is 1.33. The second kappa shape index (κ2) is 8.14. The Morgan fingerprint density at radius 1 is 1.19 bits per heavy atom. The van der Waals surface area contributed by atoms with E-state index in [1.54, 1.807) is 24.3 Å². The normalized spacial score (nSPS) is 19.2. The van der Waals surface area contributed by atoms with Crippen LogP contribution in [0.4, 0.5) is 8.78 Å². The Kier molecular flexibility index (Phi) is 5.68. The molecule has 0 bridgehead atoms. The van der Waals surface area contributed by atoms with E-state index in [-0.39, 0.29) is 17.9 Å². The summed E-state index contributed by atoms with van der Waals surface area (Å²) >= 11 is 0. The Morgan fingerprint density at radius 3 is 2.65 bits per heavy atom. The van der Waals surface area contributed by atoms with Crippen LogP contribution in [-0.2, 0) is 4.74 Å². The van der Waals surface area contributed by atoms with E-state index in [0.29, 0.717) is 30.9 Å². The number of nitrogens with one attached hydrogen (secondary N) is 1. The molecule has 2 unspecified atom stereocenters. The van der Waals surface area contributed by atoms with Crippen LogP contribution in [0.2, 0.25) is 0 Å². The quantitative estimate of drug-likeness (QED) is 0.800. The van der Waals surface area contributed by atoms with Gasteiger partial charge in [0.1, 0.15) is 24.3 Å². The molecular weight excluding hydrogens is 344 g/mol. The Balaban J connectivity index is 1.48. The summed E-state index contributed by atoms with van der Waals surface area (Å²) in [5, 5.41) is 3.25. The number of ether oxygens (including phenoxy) is 3. The Hall–Kier alpha value is -2.67. The second-order valence-electron chi connectivity index (χ2n) is 5.98. The first-order valence-electron chi connectivity index (χ1n) is 8.21. The smallest absolute Gasteiger partial charge is 0.337 e. The van der Waals surface area contributed by atoms with E-state index in [0.717, 1.165) is 6.07 Å². The number of halogens is 2. The Labute approximate surface area is 149 Å². The number of methoxy groups -OCH3 is 1. The Bertz CT molecular complexity index is 767. The van der Waals surface area contributed by atoms with Crippen molar-refractivity contribution in [2.45, 2.75) is 18.6 Å². The predicted molar refractivity (Wildman–Crippen MR) is 90.5 cm³/mol. The summed E-state index contributed by atoms with van der Waals surface area (Å²) in [5.41, 5.74) is 0.452. The second-order valence-corrected chi connectivity index (χ2v) is 5.98.